The lowest BCUT2D eigenvalue weighted by atomic mass is 9.45. The number of carbonyl (C=O) groups is 1. The predicted octanol–water partition coefficient (Wildman–Crippen LogP) is 7.08. The summed E-state index contributed by atoms with van der Waals surface area (Å²) in [5.74, 6) is 4.42. The highest BCUT2D eigenvalue weighted by Gasteiger charge is 2.60. The Balaban J connectivity index is 1.41. The SMILES string of the molecule is CCOc1ccc(C=C2CC3C4CCC5CCCCC5(C)C4CCC3(C)C2=O)cc1. The Labute approximate surface area is 182 Å². The summed E-state index contributed by atoms with van der Waals surface area (Å²) in [4.78, 5) is 13.6. The van der Waals surface area contributed by atoms with Crippen molar-refractivity contribution in [3.8, 4) is 5.75 Å². The molecule has 0 N–H and O–H groups in total. The minimum atomic E-state index is -0.129. The average Bonchev–Trinajstić information content (AvgIpc) is 3.00. The maximum absolute atomic E-state index is 13.6. The van der Waals surface area contributed by atoms with Crippen LogP contribution in [0.3, 0.4) is 0 Å². The molecule has 5 rings (SSSR count). The van der Waals surface area contributed by atoms with Crippen LogP contribution in [0.2, 0.25) is 0 Å². The van der Waals surface area contributed by atoms with Gasteiger partial charge in [-0.1, -0.05) is 38.8 Å². The van der Waals surface area contributed by atoms with Gasteiger partial charge in [0.05, 0.1) is 6.61 Å². The molecule has 0 spiro atoms. The van der Waals surface area contributed by atoms with Crippen LogP contribution in [-0.2, 0) is 4.79 Å². The lowest BCUT2D eigenvalue weighted by Gasteiger charge is -2.59. The van der Waals surface area contributed by atoms with Crippen molar-refractivity contribution < 1.29 is 9.53 Å². The average molecular weight is 407 g/mol. The summed E-state index contributed by atoms with van der Waals surface area (Å²) >= 11 is 0. The van der Waals surface area contributed by atoms with E-state index in [1.165, 1.54) is 44.9 Å². The Kier molecular flexibility index (Phi) is 5.11. The third-order valence-electron chi connectivity index (χ3n) is 9.76. The fraction of sp³-hybridized carbons (Fsp3) is 0.679. The molecule has 2 heteroatoms. The Morgan fingerprint density at radius 2 is 1.80 bits per heavy atom. The topological polar surface area (TPSA) is 26.3 Å². The molecule has 0 heterocycles. The maximum atomic E-state index is 13.6. The van der Waals surface area contributed by atoms with Crippen molar-refractivity contribution in [2.24, 2.45) is 34.5 Å². The number of Topliss-reactive ketones (excluding diaryl/α,β-unsaturated/α-hetero) is 1. The van der Waals surface area contributed by atoms with E-state index in [0.717, 1.165) is 47.5 Å². The molecular formula is C28H38O2. The van der Waals surface area contributed by atoms with Crippen LogP contribution in [0.1, 0.15) is 84.1 Å². The Morgan fingerprint density at radius 3 is 2.57 bits per heavy atom. The highest BCUT2D eigenvalue weighted by atomic mass is 16.5. The van der Waals surface area contributed by atoms with Crippen LogP contribution in [0.4, 0.5) is 0 Å². The monoisotopic (exact) mass is 406 g/mol. The standard InChI is InChI=1S/C28H38O2/c1-4-30-22-11-8-19(9-12-22)17-20-18-25-23-13-10-21-7-5-6-15-27(21,2)24(23)14-16-28(25,3)26(20)29/h8-9,11-12,17,21,23-25H,4-7,10,13-16,18H2,1-3H3. The van der Waals surface area contributed by atoms with Crippen molar-refractivity contribution in [3.63, 3.8) is 0 Å². The van der Waals surface area contributed by atoms with E-state index >= 15 is 0 Å². The largest absolute Gasteiger partial charge is 0.494 e. The van der Waals surface area contributed by atoms with Crippen LogP contribution in [-0.4, -0.2) is 12.4 Å². The first-order chi connectivity index (χ1) is 14.5. The molecule has 0 bridgehead atoms. The number of hydrogen-bond donors (Lipinski definition) is 0. The number of hydrogen-bond acceptors (Lipinski definition) is 2. The maximum Gasteiger partial charge on any atom is 0.165 e. The molecule has 0 saturated heterocycles. The first-order valence-corrected chi connectivity index (χ1v) is 12.4. The molecule has 2 nitrogen and oxygen atoms in total. The van der Waals surface area contributed by atoms with Gasteiger partial charge in [0.25, 0.3) is 0 Å². The number of ether oxygens (including phenoxy) is 1. The molecule has 0 aromatic heterocycles. The van der Waals surface area contributed by atoms with E-state index in [1.54, 1.807) is 0 Å². The summed E-state index contributed by atoms with van der Waals surface area (Å²) in [5, 5.41) is 0. The number of rotatable bonds is 3. The molecule has 4 fully saturated rings. The predicted molar refractivity (Wildman–Crippen MR) is 122 cm³/mol. The molecule has 6 unspecified atom stereocenters. The van der Waals surface area contributed by atoms with Crippen molar-refractivity contribution in [2.45, 2.75) is 78.6 Å². The van der Waals surface area contributed by atoms with Crippen LogP contribution in [0.5, 0.6) is 5.75 Å². The molecule has 162 valence electrons. The van der Waals surface area contributed by atoms with Crippen LogP contribution >= 0.6 is 0 Å². The van der Waals surface area contributed by atoms with Gasteiger partial charge in [-0.2, -0.15) is 0 Å². The van der Waals surface area contributed by atoms with E-state index in [1.807, 2.05) is 19.1 Å². The van der Waals surface area contributed by atoms with E-state index < -0.39 is 0 Å². The fourth-order valence-electron chi connectivity index (χ4n) is 8.12. The summed E-state index contributed by atoms with van der Waals surface area (Å²) in [7, 11) is 0. The van der Waals surface area contributed by atoms with Gasteiger partial charge in [-0.3, -0.25) is 4.79 Å². The molecule has 4 aliphatic rings. The minimum Gasteiger partial charge on any atom is -0.494 e. The Bertz CT molecular complexity index is 837. The third-order valence-corrected chi connectivity index (χ3v) is 9.76. The zero-order valence-electron chi connectivity index (χ0n) is 19.1. The van der Waals surface area contributed by atoms with Gasteiger partial charge >= 0.3 is 0 Å². The lowest BCUT2D eigenvalue weighted by Crippen LogP contribution is -2.52. The van der Waals surface area contributed by atoms with Crippen molar-refractivity contribution >= 4 is 11.9 Å². The van der Waals surface area contributed by atoms with E-state index in [4.69, 9.17) is 4.74 Å². The van der Waals surface area contributed by atoms with Gasteiger partial charge < -0.3 is 4.74 Å². The zero-order chi connectivity index (χ0) is 20.9. The highest BCUT2D eigenvalue weighted by Crippen LogP contribution is 2.66. The normalized spacial score (nSPS) is 41.8. The second-order valence-corrected chi connectivity index (χ2v) is 11.1. The molecule has 30 heavy (non-hydrogen) atoms. The molecule has 4 aliphatic carbocycles. The number of allylic oxidation sites excluding steroid dienone is 1. The summed E-state index contributed by atoms with van der Waals surface area (Å²) < 4.78 is 5.57. The van der Waals surface area contributed by atoms with Gasteiger partial charge in [-0.15, -0.1) is 0 Å². The molecule has 1 aromatic carbocycles. The highest BCUT2D eigenvalue weighted by molar-refractivity contribution is 6.05. The van der Waals surface area contributed by atoms with Crippen molar-refractivity contribution in [1.29, 1.82) is 0 Å². The van der Waals surface area contributed by atoms with Gasteiger partial charge in [0.1, 0.15) is 5.75 Å². The van der Waals surface area contributed by atoms with Crippen molar-refractivity contribution in [2.75, 3.05) is 6.61 Å². The van der Waals surface area contributed by atoms with Gasteiger partial charge in [-0.05, 0) is 110 Å². The van der Waals surface area contributed by atoms with Crippen molar-refractivity contribution in [1.82, 2.24) is 0 Å². The van der Waals surface area contributed by atoms with Gasteiger partial charge in [0.15, 0.2) is 5.78 Å². The molecule has 0 aliphatic heterocycles. The second kappa shape index (κ2) is 7.53. The van der Waals surface area contributed by atoms with E-state index in [2.05, 4.69) is 32.1 Å². The number of fused-ring (bicyclic) bond motifs is 5. The summed E-state index contributed by atoms with van der Waals surface area (Å²) in [6.45, 7) is 7.60. The van der Waals surface area contributed by atoms with Crippen LogP contribution < -0.4 is 4.74 Å². The summed E-state index contributed by atoms with van der Waals surface area (Å²) in [5.41, 5.74) is 2.61. The fourth-order valence-corrected chi connectivity index (χ4v) is 8.12. The Hall–Kier alpha value is -1.57. The molecule has 4 saturated carbocycles. The van der Waals surface area contributed by atoms with Gasteiger partial charge in [0.2, 0.25) is 0 Å². The summed E-state index contributed by atoms with van der Waals surface area (Å²) in [6, 6.07) is 8.22. The van der Waals surface area contributed by atoms with Gasteiger partial charge in [0, 0.05) is 5.41 Å². The molecule has 6 atom stereocenters. The van der Waals surface area contributed by atoms with E-state index in [9.17, 15) is 4.79 Å². The second-order valence-electron chi connectivity index (χ2n) is 11.1. The lowest BCUT2D eigenvalue weighted by molar-refractivity contribution is -0.137. The van der Waals surface area contributed by atoms with Crippen LogP contribution in [0, 0.1) is 34.5 Å². The first kappa shape index (κ1) is 20.3. The molecule has 0 radical (unpaired) electrons. The van der Waals surface area contributed by atoms with Crippen molar-refractivity contribution in [3.05, 3.63) is 35.4 Å². The van der Waals surface area contributed by atoms with Gasteiger partial charge in [-0.25, -0.2) is 0 Å². The minimum absolute atomic E-state index is 0.129. The molecule has 1 aromatic rings. The van der Waals surface area contributed by atoms with E-state index in [-0.39, 0.29) is 5.41 Å². The third kappa shape index (κ3) is 3.09. The molecular weight excluding hydrogens is 368 g/mol. The van der Waals surface area contributed by atoms with E-state index in [0.29, 0.717) is 23.7 Å². The van der Waals surface area contributed by atoms with Crippen LogP contribution in [0.15, 0.2) is 29.8 Å². The van der Waals surface area contributed by atoms with Crippen LogP contribution in [0.25, 0.3) is 6.08 Å². The number of carbonyl (C=O) groups excluding carboxylic acids is 1. The quantitative estimate of drug-likeness (QED) is 0.501. The smallest absolute Gasteiger partial charge is 0.165 e. The summed E-state index contributed by atoms with van der Waals surface area (Å²) in [6.07, 6.45) is 14.0. The zero-order valence-corrected chi connectivity index (χ0v) is 19.1. The number of benzene rings is 1. The first-order valence-electron chi connectivity index (χ1n) is 12.4. The number of ketones is 1. The molecule has 0 amide bonds. The Morgan fingerprint density at radius 1 is 1.00 bits per heavy atom.